The largest absolute Gasteiger partial charge is 0.507 e. The van der Waals surface area contributed by atoms with E-state index in [1.54, 1.807) is 48.5 Å². The Balaban J connectivity index is 2.09. The molecule has 0 aromatic heterocycles. The number of methoxy groups -OCH3 is 1. The lowest BCUT2D eigenvalue weighted by Gasteiger charge is -2.26. The highest BCUT2D eigenvalue weighted by molar-refractivity contribution is 6.46. The molecule has 34 heavy (non-hydrogen) atoms. The van der Waals surface area contributed by atoms with Crippen LogP contribution in [0, 0.1) is 0 Å². The van der Waals surface area contributed by atoms with Gasteiger partial charge in [0.1, 0.15) is 11.5 Å². The van der Waals surface area contributed by atoms with E-state index < -0.39 is 23.7 Å². The highest BCUT2D eigenvalue weighted by atomic mass is 16.5. The number of ether oxygens (including phenoxy) is 2. The van der Waals surface area contributed by atoms with E-state index in [0.29, 0.717) is 42.0 Å². The van der Waals surface area contributed by atoms with E-state index in [-0.39, 0.29) is 11.3 Å². The van der Waals surface area contributed by atoms with Gasteiger partial charge in [0.15, 0.2) is 0 Å². The van der Waals surface area contributed by atoms with E-state index in [9.17, 15) is 19.5 Å². The van der Waals surface area contributed by atoms with Gasteiger partial charge in [-0.1, -0.05) is 24.3 Å². The number of carbonyl (C=O) groups excluding carboxylic acids is 3. The standard InChI is InChI=1S/C26H30N2O6/c1-5-34-20-9-6-8-19(16-20)23(29)21-22(17-10-12-18(13-11-17)26(32)33-4)28(25(31)24(21)30)15-7-14-27(2)3/h6,8-13,16,22,29H,5,7,14-15H2,1-4H3. The van der Waals surface area contributed by atoms with Gasteiger partial charge in [-0.25, -0.2) is 4.79 Å². The number of Topliss-reactive ketones (excluding diaryl/α,β-unsaturated/α-hetero) is 1. The number of hydrogen-bond acceptors (Lipinski definition) is 7. The molecule has 0 aliphatic carbocycles. The molecule has 1 amide bonds. The lowest BCUT2D eigenvalue weighted by molar-refractivity contribution is -0.139. The average Bonchev–Trinajstić information content (AvgIpc) is 3.08. The Labute approximate surface area is 199 Å². The van der Waals surface area contributed by atoms with Crippen LogP contribution in [0.15, 0.2) is 54.1 Å². The number of ketones is 1. The van der Waals surface area contributed by atoms with Crippen molar-refractivity contribution in [1.82, 2.24) is 9.80 Å². The van der Waals surface area contributed by atoms with E-state index in [1.807, 2.05) is 25.9 Å². The molecule has 1 fully saturated rings. The van der Waals surface area contributed by atoms with Crippen LogP contribution in [0.3, 0.4) is 0 Å². The maximum Gasteiger partial charge on any atom is 0.337 e. The molecular formula is C26H30N2O6. The minimum atomic E-state index is -0.787. The van der Waals surface area contributed by atoms with Crippen molar-refractivity contribution in [3.8, 4) is 5.75 Å². The number of esters is 1. The summed E-state index contributed by atoms with van der Waals surface area (Å²) in [5, 5.41) is 11.2. The number of aliphatic hydroxyl groups is 1. The van der Waals surface area contributed by atoms with Crippen molar-refractivity contribution in [1.29, 1.82) is 0 Å². The number of amides is 1. The monoisotopic (exact) mass is 466 g/mol. The molecule has 3 rings (SSSR count). The summed E-state index contributed by atoms with van der Waals surface area (Å²) in [7, 11) is 5.16. The van der Waals surface area contributed by atoms with E-state index in [4.69, 9.17) is 9.47 Å². The van der Waals surface area contributed by atoms with Gasteiger partial charge < -0.3 is 24.4 Å². The zero-order valence-electron chi connectivity index (χ0n) is 19.9. The van der Waals surface area contributed by atoms with Crippen molar-refractivity contribution < 1.29 is 29.0 Å². The van der Waals surface area contributed by atoms with Gasteiger partial charge >= 0.3 is 5.97 Å². The van der Waals surface area contributed by atoms with Gasteiger partial charge in [0.2, 0.25) is 0 Å². The van der Waals surface area contributed by atoms with Crippen LogP contribution >= 0.6 is 0 Å². The summed E-state index contributed by atoms with van der Waals surface area (Å²) < 4.78 is 10.3. The first-order chi connectivity index (χ1) is 16.3. The van der Waals surface area contributed by atoms with Gasteiger partial charge in [-0.15, -0.1) is 0 Å². The van der Waals surface area contributed by atoms with Crippen LogP contribution in [0.1, 0.15) is 40.9 Å². The quantitative estimate of drug-likeness (QED) is 0.262. The van der Waals surface area contributed by atoms with E-state index in [0.717, 1.165) is 6.54 Å². The Hall–Kier alpha value is -3.65. The van der Waals surface area contributed by atoms with Gasteiger partial charge in [-0.2, -0.15) is 0 Å². The van der Waals surface area contributed by atoms with Crippen LogP contribution < -0.4 is 4.74 Å². The number of likely N-dealkylation sites (tertiary alicyclic amines) is 1. The summed E-state index contributed by atoms with van der Waals surface area (Å²) in [4.78, 5) is 41.5. The first kappa shape index (κ1) is 25.0. The second-order valence-electron chi connectivity index (χ2n) is 8.22. The third kappa shape index (κ3) is 5.28. The Morgan fingerprint density at radius 1 is 1.09 bits per heavy atom. The third-order valence-corrected chi connectivity index (χ3v) is 5.61. The van der Waals surface area contributed by atoms with Crippen molar-refractivity contribution in [2.24, 2.45) is 0 Å². The molecule has 2 aromatic rings. The topological polar surface area (TPSA) is 96.4 Å². The molecule has 0 saturated carbocycles. The minimum absolute atomic E-state index is 0.00863. The Morgan fingerprint density at radius 3 is 2.41 bits per heavy atom. The fourth-order valence-electron chi connectivity index (χ4n) is 3.99. The summed E-state index contributed by atoms with van der Waals surface area (Å²) in [5.41, 5.74) is 1.35. The Kier molecular flexibility index (Phi) is 8.07. The predicted octanol–water partition coefficient (Wildman–Crippen LogP) is 3.25. The van der Waals surface area contributed by atoms with Crippen molar-refractivity contribution >= 4 is 23.4 Å². The summed E-state index contributed by atoms with van der Waals surface area (Å²) in [5.74, 6) is -1.61. The molecule has 8 heteroatoms. The SMILES string of the molecule is CCOc1cccc(C(O)=C2C(=O)C(=O)N(CCCN(C)C)C2c2ccc(C(=O)OC)cc2)c1. The van der Waals surface area contributed by atoms with Gasteiger partial charge in [-0.05, 0) is 63.8 Å². The van der Waals surface area contributed by atoms with Crippen LogP contribution in [-0.4, -0.2) is 73.5 Å². The van der Waals surface area contributed by atoms with E-state index in [1.165, 1.54) is 12.0 Å². The lowest BCUT2D eigenvalue weighted by Crippen LogP contribution is -2.32. The number of aliphatic hydroxyl groups excluding tert-OH is 1. The van der Waals surface area contributed by atoms with E-state index in [2.05, 4.69) is 0 Å². The third-order valence-electron chi connectivity index (χ3n) is 5.61. The lowest BCUT2D eigenvalue weighted by atomic mass is 9.94. The molecule has 180 valence electrons. The molecule has 1 N–H and O–H groups in total. The smallest absolute Gasteiger partial charge is 0.337 e. The minimum Gasteiger partial charge on any atom is -0.507 e. The van der Waals surface area contributed by atoms with Crippen LogP contribution in [0.5, 0.6) is 5.75 Å². The summed E-state index contributed by atoms with van der Waals surface area (Å²) >= 11 is 0. The molecule has 8 nitrogen and oxygen atoms in total. The van der Waals surface area contributed by atoms with Gasteiger partial charge in [-0.3, -0.25) is 9.59 Å². The van der Waals surface area contributed by atoms with Gasteiger partial charge in [0.25, 0.3) is 11.7 Å². The van der Waals surface area contributed by atoms with Gasteiger partial charge in [0.05, 0.1) is 30.9 Å². The fraction of sp³-hybridized carbons (Fsp3) is 0.346. The molecular weight excluding hydrogens is 436 g/mol. The zero-order valence-corrected chi connectivity index (χ0v) is 19.9. The molecule has 0 bridgehead atoms. The molecule has 0 spiro atoms. The van der Waals surface area contributed by atoms with Crippen molar-refractivity contribution in [2.45, 2.75) is 19.4 Å². The van der Waals surface area contributed by atoms with Crippen molar-refractivity contribution in [2.75, 3.05) is 40.9 Å². The maximum absolute atomic E-state index is 13.1. The Morgan fingerprint density at radius 2 is 1.79 bits per heavy atom. The van der Waals surface area contributed by atoms with Crippen LogP contribution in [0.4, 0.5) is 0 Å². The molecule has 1 heterocycles. The van der Waals surface area contributed by atoms with Crippen molar-refractivity contribution in [3.05, 3.63) is 70.8 Å². The van der Waals surface area contributed by atoms with Crippen LogP contribution in [-0.2, 0) is 14.3 Å². The summed E-state index contributed by atoms with van der Waals surface area (Å²) in [6.45, 7) is 3.37. The molecule has 1 saturated heterocycles. The number of rotatable bonds is 9. The average molecular weight is 467 g/mol. The first-order valence-electron chi connectivity index (χ1n) is 11.1. The number of hydrogen-bond donors (Lipinski definition) is 1. The molecule has 1 atom stereocenters. The molecule has 1 unspecified atom stereocenters. The fourth-order valence-corrected chi connectivity index (χ4v) is 3.99. The maximum atomic E-state index is 13.1. The Bertz CT molecular complexity index is 1090. The van der Waals surface area contributed by atoms with Crippen LogP contribution in [0.25, 0.3) is 5.76 Å². The normalized spacial score (nSPS) is 17.3. The van der Waals surface area contributed by atoms with E-state index >= 15 is 0 Å². The van der Waals surface area contributed by atoms with Crippen LogP contribution in [0.2, 0.25) is 0 Å². The summed E-state index contributed by atoms with van der Waals surface area (Å²) in [6, 6.07) is 12.5. The highest BCUT2D eigenvalue weighted by Crippen LogP contribution is 2.40. The van der Waals surface area contributed by atoms with Gasteiger partial charge in [0, 0.05) is 12.1 Å². The first-order valence-corrected chi connectivity index (χ1v) is 11.1. The highest BCUT2D eigenvalue weighted by Gasteiger charge is 2.45. The predicted molar refractivity (Wildman–Crippen MR) is 128 cm³/mol. The molecule has 1 aliphatic rings. The second kappa shape index (κ2) is 11.0. The molecule has 0 radical (unpaired) electrons. The number of nitrogens with zero attached hydrogens (tertiary/aromatic N) is 2. The summed E-state index contributed by atoms with van der Waals surface area (Å²) in [6.07, 6.45) is 0.649. The zero-order chi connectivity index (χ0) is 24.8. The second-order valence-corrected chi connectivity index (χ2v) is 8.22. The number of benzene rings is 2. The molecule has 2 aromatic carbocycles. The number of carbonyl (C=O) groups is 3. The van der Waals surface area contributed by atoms with Crippen molar-refractivity contribution in [3.63, 3.8) is 0 Å². The molecule has 1 aliphatic heterocycles.